The second kappa shape index (κ2) is 5.47. The summed E-state index contributed by atoms with van der Waals surface area (Å²) in [5.74, 6) is -1.17. The van der Waals surface area contributed by atoms with Crippen molar-refractivity contribution in [2.75, 3.05) is 9.91 Å². The van der Waals surface area contributed by atoms with Gasteiger partial charge < -0.3 is 0 Å². The first-order valence-corrected chi connectivity index (χ1v) is 7.88. The predicted molar refractivity (Wildman–Crippen MR) is 89.7 cm³/mol. The van der Waals surface area contributed by atoms with E-state index in [9.17, 15) is 14.0 Å². The zero-order chi connectivity index (χ0) is 17.7. The van der Waals surface area contributed by atoms with Crippen LogP contribution in [-0.4, -0.2) is 23.9 Å². The van der Waals surface area contributed by atoms with Crippen LogP contribution in [-0.2, 0) is 9.59 Å². The monoisotopic (exact) mass is 338 g/mol. The second-order valence-electron chi connectivity index (χ2n) is 6.20. The van der Waals surface area contributed by atoms with Gasteiger partial charge in [0.15, 0.2) is 12.1 Å². The molecular formula is C18H15FN4O2. The molecule has 2 aromatic carbocycles. The Balaban J connectivity index is 1.70. The van der Waals surface area contributed by atoms with Gasteiger partial charge in [-0.2, -0.15) is 5.11 Å². The molecule has 0 N–H and O–H groups in total. The zero-order valence-corrected chi connectivity index (χ0v) is 13.7. The summed E-state index contributed by atoms with van der Waals surface area (Å²) in [7, 11) is 0. The van der Waals surface area contributed by atoms with E-state index in [1.807, 2.05) is 26.0 Å². The highest BCUT2D eigenvalue weighted by molar-refractivity contribution is 6.26. The Morgan fingerprint density at radius 3 is 2.28 bits per heavy atom. The molecule has 0 aromatic heterocycles. The summed E-state index contributed by atoms with van der Waals surface area (Å²) in [6, 6.07) is 9.29. The lowest BCUT2D eigenvalue weighted by Gasteiger charge is -2.21. The first kappa shape index (κ1) is 15.4. The van der Waals surface area contributed by atoms with Gasteiger partial charge in [-0.25, -0.2) is 14.3 Å². The second-order valence-corrected chi connectivity index (χ2v) is 6.20. The summed E-state index contributed by atoms with van der Waals surface area (Å²) in [5, 5.41) is 9.30. The SMILES string of the molecule is Cc1ccc(N2C(=O)[C@@H]3[C@@H](N=NN3c3ccc(F)cc3)C2=O)cc1C. The number of hydrogen-bond donors (Lipinski definition) is 0. The van der Waals surface area contributed by atoms with E-state index in [1.165, 1.54) is 29.3 Å². The number of halogens is 1. The molecule has 0 bridgehead atoms. The van der Waals surface area contributed by atoms with Crippen molar-refractivity contribution in [3.8, 4) is 0 Å². The molecule has 4 rings (SSSR count). The van der Waals surface area contributed by atoms with Crippen LogP contribution in [0.3, 0.4) is 0 Å². The molecule has 2 aliphatic heterocycles. The lowest BCUT2D eigenvalue weighted by molar-refractivity contribution is -0.121. The number of nitrogens with zero attached hydrogens (tertiary/aromatic N) is 4. The third kappa shape index (κ3) is 2.31. The summed E-state index contributed by atoms with van der Waals surface area (Å²) in [6.45, 7) is 3.89. The minimum absolute atomic E-state index is 0.382. The maximum atomic E-state index is 13.1. The van der Waals surface area contributed by atoms with Crippen molar-refractivity contribution in [1.29, 1.82) is 0 Å². The van der Waals surface area contributed by atoms with Crippen molar-refractivity contribution in [3.63, 3.8) is 0 Å². The number of carbonyl (C=O) groups is 2. The smallest absolute Gasteiger partial charge is 0.263 e. The van der Waals surface area contributed by atoms with Crippen LogP contribution in [0.15, 0.2) is 52.8 Å². The molecule has 1 saturated heterocycles. The number of carbonyl (C=O) groups excluding carboxylic acids is 2. The first-order chi connectivity index (χ1) is 12.0. The van der Waals surface area contributed by atoms with E-state index in [0.29, 0.717) is 11.4 Å². The van der Waals surface area contributed by atoms with Crippen molar-refractivity contribution >= 4 is 23.2 Å². The van der Waals surface area contributed by atoms with Gasteiger partial charge >= 0.3 is 0 Å². The normalized spacial score (nSPS) is 22.0. The topological polar surface area (TPSA) is 65.3 Å². The molecule has 2 amide bonds. The highest BCUT2D eigenvalue weighted by Crippen LogP contribution is 2.35. The van der Waals surface area contributed by atoms with E-state index < -0.39 is 18.0 Å². The van der Waals surface area contributed by atoms with Crippen LogP contribution in [0, 0.1) is 19.7 Å². The van der Waals surface area contributed by atoms with Crippen LogP contribution in [0.4, 0.5) is 15.8 Å². The number of rotatable bonds is 2. The molecule has 2 atom stereocenters. The molecule has 0 unspecified atom stereocenters. The Kier molecular flexibility index (Phi) is 3.38. The van der Waals surface area contributed by atoms with Crippen molar-refractivity contribution in [2.45, 2.75) is 25.9 Å². The van der Waals surface area contributed by atoms with Crippen LogP contribution >= 0.6 is 0 Å². The molecule has 126 valence electrons. The number of amides is 2. The van der Waals surface area contributed by atoms with Gasteiger partial charge in [0.25, 0.3) is 11.8 Å². The average molecular weight is 338 g/mol. The van der Waals surface area contributed by atoms with E-state index in [0.717, 1.165) is 16.0 Å². The van der Waals surface area contributed by atoms with Gasteiger partial charge in [0.1, 0.15) is 5.82 Å². The number of imide groups is 1. The summed E-state index contributed by atoms with van der Waals surface area (Å²) < 4.78 is 13.1. The standard InChI is InChI=1S/C18H15FN4O2/c1-10-3-6-14(9-11(10)2)22-17(24)15-16(18(22)25)23(21-20-15)13-7-4-12(19)5-8-13/h3-9,15-16H,1-2H3/t15-,16+/m1/s1. The number of aryl methyl sites for hydroxylation is 2. The number of anilines is 2. The highest BCUT2D eigenvalue weighted by Gasteiger charge is 2.55. The van der Waals surface area contributed by atoms with E-state index in [2.05, 4.69) is 10.3 Å². The third-order valence-electron chi connectivity index (χ3n) is 4.62. The van der Waals surface area contributed by atoms with Gasteiger partial charge in [0, 0.05) is 0 Å². The van der Waals surface area contributed by atoms with Gasteiger partial charge in [0.2, 0.25) is 0 Å². The maximum absolute atomic E-state index is 13.1. The summed E-state index contributed by atoms with van der Waals surface area (Å²) in [6.07, 6.45) is 0. The Labute approximate surface area is 143 Å². The fourth-order valence-corrected chi connectivity index (χ4v) is 3.09. The Morgan fingerprint density at radius 2 is 1.60 bits per heavy atom. The number of benzene rings is 2. The molecule has 0 radical (unpaired) electrons. The first-order valence-electron chi connectivity index (χ1n) is 7.88. The fraction of sp³-hybridized carbons (Fsp3) is 0.222. The van der Waals surface area contributed by atoms with Crippen LogP contribution in [0.2, 0.25) is 0 Å². The maximum Gasteiger partial charge on any atom is 0.263 e. The van der Waals surface area contributed by atoms with Crippen LogP contribution in [0.1, 0.15) is 11.1 Å². The Morgan fingerprint density at radius 1 is 0.920 bits per heavy atom. The van der Waals surface area contributed by atoms with Gasteiger partial charge in [-0.15, -0.1) is 0 Å². The molecule has 1 fully saturated rings. The minimum Gasteiger partial charge on any atom is -0.271 e. The van der Waals surface area contributed by atoms with E-state index in [-0.39, 0.29) is 11.7 Å². The van der Waals surface area contributed by atoms with Gasteiger partial charge in [0.05, 0.1) is 11.4 Å². The molecule has 2 aromatic rings. The Bertz CT molecular complexity index is 910. The summed E-state index contributed by atoms with van der Waals surface area (Å²) in [5.41, 5.74) is 3.12. The molecule has 0 spiro atoms. The minimum atomic E-state index is -0.876. The molecule has 6 nitrogen and oxygen atoms in total. The van der Waals surface area contributed by atoms with E-state index >= 15 is 0 Å². The number of fused-ring (bicyclic) bond motifs is 1. The molecule has 2 aliphatic rings. The van der Waals surface area contributed by atoms with E-state index in [4.69, 9.17) is 0 Å². The molecular weight excluding hydrogens is 323 g/mol. The molecule has 2 heterocycles. The zero-order valence-electron chi connectivity index (χ0n) is 13.7. The molecule has 0 aliphatic carbocycles. The predicted octanol–water partition coefficient (Wildman–Crippen LogP) is 2.94. The third-order valence-corrected chi connectivity index (χ3v) is 4.62. The lowest BCUT2D eigenvalue weighted by Crippen LogP contribution is -2.39. The van der Waals surface area contributed by atoms with Crippen molar-refractivity contribution < 1.29 is 14.0 Å². The van der Waals surface area contributed by atoms with Crippen molar-refractivity contribution in [2.24, 2.45) is 10.3 Å². The van der Waals surface area contributed by atoms with Gasteiger partial charge in [-0.3, -0.25) is 9.59 Å². The summed E-state index contributed by atoms with van der Waals surface area (Å²) >= 11 is 0. The van der Waals surface area contributed by atoms with Crippen molar-refractivity contribution in [1.82, 2.24) is 0 Å². The lowest BCUT2D eigenvalue weighted by atomic mass is 10.1. The van der Waals surface area contributed by atoms with Crippen LogP contribution in [0.5, 0.6) is 0 Å². The summed E-state index contributed by atoms with van der Waals surface area (Å²) in [4.78, 5) is 26.8. The quantitative estimate of drug-likeness (QED) is 0.791. The molecule has 25 heavy (non-hydrogen) atoms. The molecule has 7 heteroatoms. The largest absolute Gasteiger partial charge is 0.271 e. The number of hydrogen-bond acceptors (Lipinski definition) is 5. The Hall–Kier alpha value is -3.09. The fourth-order valence-electron chi connectivity index (χ4n) is 3.09. The van der Waals surface area contributed by atoms with E-state index in [1.54, 1.807) is 6.07 Å². The van der Waals surface area contributed by atoms with Crippen LogP contribution < -0.4 is 9.91 Å². The average Bonchev–Trinajstić information content (AvgIpc) is 3.12. The van der Waals surface area contributed by atoms with Crippen molar-refractivity contribution in [3.05, 3.63) is 59.4 Å². The highest BCUT2D eigenvalue weighted by atomic mass is 19.1. The molecule has 0 saturated carbocycles. The van der Waals surface area contributed by atoms with Crippen LogP contribution in [0.25, 0.3) is 0 Å². The van der Waals surface area contributed by atoms with Gasteiger partial charge in [-0.1, -0.05) is 11.3 Å². The van der Waals surface area contributed by atoms with Gasteiger partial charge in [-0.05, 0) is 61.4 Å².